The average molecular weight is 258 g/mol. The molecule has 82 valence electrons. The van der Waals surface area contributed by atoms with E-state index in [9.17, 15) is 0 Å². The van der Waals surface area contributed by atoms with Crippen LogP contribution in [0.15, 0.2) is 36.8 Å². The van der Waals surface area contributed by atoms with Crippen LogP contribution in [-0.4, -0.2) is 11.8 Å². The third kappa shape index (κ3) is 14.4. The van der Waals surface area contributed by atoms with Crippen LogP contribution in [0.25, 0.3) is 0 Å². The molecule has 4 heteroatoms. The van der Waals surface area contributed by atoms with Crippen molar-refractivity contribution in [2.75, 3.05) is 11.8 Å². The minimum absolute atomic E-state index is 0.521. The predicted octanol–water partition coefficient (Wildman–Crippen LogP) is 4.66. The maximum Gasteiger partial charge on any atom is 0.0976 e. The molecule has 0 heterocycles. The fraction of sp³-hybridized carbons (Fsp3) is 0.400. The summed E-state index contributed by atoms with van der Waals surface area (Å²) in [6, 6.07) is 0. The molecule has 0 saturated heterocycles. The zero-order valence-electron chi connectivity index (χ0n) is 8.07. The van der Waals surface area contributed by atoms with Gasteiger partial charge in [0.1, 0.15) is 0 Å². The van der Waals surface area contributed by atoms with Gasteiger partial charge in [-0.2, -0.15) is 0 Å². The van der Waals surface area contributed by atoms with Crippen molar-refractivity contribution >= 4 is 34.8 Å². The zero-order valence-corrected chi connectivity index (χ0v) is 10.3. The SMILES string of the molecule is C=C(CCCl)OC(=C)CCCl.C=CCl. The molecule has 0 spiro atoms. The normalized spacial score (nSPS) is 8.21. The van der Waals surface area contributed by atoms with Crippen LogP contribution >= 0.6 is 34.8 Å². The van der Waals surface area contributed by atoms with Crippen molar-refractivity contribution in [3.8, 4) is 0 Å². The van der Waals surface area contributed by atoms with Crippen molar-refractivity contribution in [2.24, 2.45) is 0 Å². The maximum absolute atomic E-state index is 5.46. The van der Waals surface area contributed by atoms with Crippen LogP contribution in [0, 0.1) is 0 Å². The van der Waals surface area contributed by atoms with Gasteiger partial charge >= 0.3 is 0 Å². The molecular formula is C10H15Cl3O. The Balaban J connectivity index is 0. The summed E-state index contributed by atoms with van der Waals surface area (Å²) in [6.07, 6.45) is 1.31. The van der Waals surface area contributed by atoms with Gasteiger partial charge in [-0.05, 0) is 5.54 Å². The third-order valence-corrected chi connectivity index (χ3v) is 1.41. The molecule has 0 aliphatic carbocycles. The van der Waals surface area contributed by atoms with E-state index in [1.165, 1.54) is 5.54 Å². The van der Waals surface area contributed by atoms with Gasteiger partial charge in [0.2, 0.25) is 0 Å². The van der Waals surface area contributed by atoms with E-state index < -0.39 is 0 Å². The Bertz CT molecular complexity index is 162. The summed E-state index contributed by atoms with van der Waals surface area (Å²) in [5, 5.41) is 0. The van der Waals surface area contributed by atoms with Gasteiger partial charge in [-0.1, -0.05) is 31.3 Å². The van der Waals surface area contributed by atoms with Crippen molar-refractivity contribution in [2.45, 2.75) is 12.8 Å². The minimum atomic E-state index is 0.521. The van der Waals surface area contributed by atoms with Gasteiger partial charge in [0, 0.05) is 24.6 Å². The molecule has 0 N–H and O–H groups in total. The van der Waals surface area contributed by atoms with Crippen LogP contribution in [0.2, 0.25) is 0 Å². The van der Waals surface area contributed by atoms with Gasteiger partial charge in [0.25, 0.3) is 0 Å². The molecule has 0 aromatic heterocycles. The van der Waals surface area contributed by atoms with Crippen molar-refractivity contribution in [3.05, 3.63) is 36.8 Å². The van der Waals surface area contributed by atoms with Crippen molar-refractivity contribution in [1.29, 1.82) is 0 Å². The van der Waals surface area contributed by atoms with Gasteiger partial charge in [0.05, 0.1) is 11.5 Å². The molecule has 0 atom stereocenters. The summed E-state index contributed by atoms with van der Waals surface area (Å²) >= 11 is 15.7. The molecule has 0 aliphatic rings. The zero-order chi connectivity index (χ0) is 11.4. The Hall–Kier alpha value is -0.110. The summed E-state index contributed by atoms with van der Waals surface area (Å²) in [6.45, 7) is 10.4. The predicted molar refractivity (Wildman–Crippen MR) is 66.1 cm³/mol. The lowest BCUT2D eigenvalue weighted by Crippen LogP contribution is -1.92. The molecule has 0 unspecified atom stereocenters. The first-order valence-corrected chi connectivity index (χ1v) is 5.49. The number of hydrogen-bond acceptors (Lipinski definition) is 1. The number of rotatable bonds is 6. The highest BCUT2D eigenvalue weighted by molar-refractivity contribution is 6.25. The number of halogens is 3. The molecular weight excluding hydrogens is 242 g/mol. The molecule has 0 aliphatic heterocycles. The Labute approximate surface area is 101 Å². The second-order valence-electron chi connectivity index (χ2n) is 2.21. The molecule has 0 aromatic rings. The summed E-state index contributed by atoms with van der Waals surface area (Å²) < 4.78 is 5.17. The van der Waals surface area contributed by atoms with Crippen LogP contribution < -0.4 is 0 Å². The van der Waals surface area contributed by atoms with E-state index in [-0.39, 0.29) is 0 Å². The second kappa shape index (κ2) is 12.9. The first-order chi connectivity index (χ1) is 6.62. The standard InChI is InChI=1S/C8H12Cl2O.C2H3Cl/c1-7(3-5-9)11-8(2)4-6-10;1-2-3/h1-6H2;2H,1H2. The highest BCUT2D eigenvalue weighted by Crippen LogP contribution is 2.10. The molecule has 14 heavy (non-hydrogen) atoms. The van der Waals surface area contributed by atoms with Crippen LogP contribution in [0.4, 0.5) is 0 Å². The van der Waals surface area contributed by atoms with E-state index in [0.717, 1.165) is 0 Å². The molecule has 0 bridgehead atoms. The first kappa shape index (κ1) is 16.3. The van der Waals surface area contributed by atoms with Gasteiger partial charge in [-0.25, -0.2) is 0 Å². The van der Waals surface area contributed by atoms with Crippen LogP contribution in [-0.2, 0) is 4.74 Å². The van der Waals surface area contributed by atoms with E-state index in [1.54, 1.807) is 0 Å². The van der Waals surface area contributed by atoms with Crippen LogP contribution in [0.5, 0.6) is 0 Å². The molecule has 0 amide bonds. The fourth-order valence-corrected chi connectivity index (χ4v) is 0.939. The van der Waals surface area contributed by atoms with E-state index in [4.69, 9.17) is 39.5 Å². The monoisotopic (exact) mass is 256 g/mol. The molecule has 0 saturated carbocycles. The summed E-state index contributed by atoms with van der Waals surface area (Å²) in [5.41, 5.74) is 1.22. The topological polar surface area (TPSA) is 9.23 Å². The van der Waals surface area contributed by atoms with Crippen LogP contribution in [0.1, 0.15) is 12.8 Å². The van der Waals surface area contributed by atoms with Crippen molar-refractivity contribution in [3.63, 3.8) is 0 Å². The second-order valence-corrected chi connectivity index (χ2v) is 3.28. The summed E-state index contributed by atoms with van der Waals surface area (Å²) in [7, 11) is 0. The van der Waals surface area contributed by atoms with Gasteiger partial charge < -0.3 is 4.74 Å². The lowest BCUT2D eigenvalue weighted by atomic mass is 10.4. The molecule has 0 aromatic carbocycles. The quantitative estimate of drug-likeness (QED) is 0.497. The Morgan fingerprint density at radius 3 is 1.57 bits per heavy atom. The number of alkyl halides is 2. The smallest absolute Gasteiger partial charge is 0.0976 e. The Morgan fingerprint density at radius 1 is 1.07 bits per heavy atom. The van der Waals surface area contributed by atoms with Crippen molar-refractivity contribution < 1.29 is 4.74 Å². The maximum atomic E-state index is 5.46. The molecule has 0 rings (SSSR count). The lowest BCUT2D eigenvalue weighted by Gasteiger charge is -2.07. The minimum Gasteiger partial charge on any atom is -0.467 e. The summed E-state index contributed by atoms with van der Waals surface area (Å²) in [5.74, 6) is 2.34. The fourth-order valence-electron chi connectivity index (χ4n) is 0.517. The Morgan fingerprint density at radius 2 is 1.36 bits per heavy atom. The highest BCUT2D eigenvalue weighted by Gasteiger charge is 1.97. The first-order valence-electron chi connectivity index (χ1n) is 3.98. The van der Waals surface area contributed by atoms with Crippen LogP contribution in [0.3, 0.4) is 0 Å². The molecule has 0 radical (unpaired) electrons. The lowest BCUT2D eigenvalue weighted by molar-refractivity contribution is 0.288. The Kier molecular flexibility index (Phi) is 15.0. The molecule has 1 nitrogen and oxygen atoms in total. The number of ether oxygens (including phenoxy) is 1. The van der Waals surface area contributed by atoms with E-state index >= 15 is 0 Å². The number of hydrogen-bond donors (Lipinski definition) is 0. The third-order valence-electron chi connectivity index (χ3n) is 1.04. The van der Waals surface area contributed by atoms with E-state index in [0.29, 0.717) is 36.1 Å². The van der Waals surface area contributed by atoms with E-state index in [2.05, 4.69) is 19.7 Å². The molecule has 0 fully saturated rings. The highest BCUT2D eigenvalue weighted by atomic mass is 35.5. The summed E-state index contributed by atoms with van der Waals surface area (Å²) in [4.78, 5) is 0. The van der Waals surface area contributed by atoms with Gasteiger partial charge in [0.15, 0.2) is 0 Å². The van der Waals surface area contributed by atoms with Gasteiger partial charge in [-0.15, -0.1) is 23.2 Å². The van der Waals surface area contributed by atoms with Gasteiger partial charge in [-0.3, -0.25) is 0 Å². The van der Waals surface area contributed by atoms with E-state index in [1.807, 2.05) is 0 Å². The number of allylic oxidation sites excluding steroid dienone is 2. The largest absolute Gasteiger partial charge is 0.467 e. The average Bonchev–Trinajstić information content (AvgIpc) is 2.05. The van der Waals surface area contributed by atoms with Crippen molar-refractivity contribution in [1.82, 2.24) is 0 Å².